The van der Waals surface area contributed by atoms with Crippen molar-refractivity contribution in [3.63, 3.8) is 0 Å². The molecule has 1 atom stereocenters. The number of halogens is 4. The number of hydrogen-bond donors (Lipinski definition) is 1. The van der Waals surface area contributed by atoms with Gasteiger partial charge >= 0.3 is 0 Å². The van der Waals surface area contributed by atoms with Crippen LogP contribution >= 0.6 is 24.0 Å². The van der Waals surface area contributed by atoms with Crippen molar-refractivity contribution in [2.45, 2.75) is 6.04 Å². The third kappa shape index (κ3) is 2.79. The van der Waals surface area contributed by atoms with Crippen LogP contribution < -0.4 is 5.73 Å². The maximum Gasteiger partial charge on any atom is 0.142 e. The highest BCUT2D eigenvalue weighted by molar-refractivity contribution is 6.31. The van der Waals surface area contributed by atoms with Crippen LogP contribution in [0.4, 0.5) is 8.78 Å². The molecule has 0 aromatic heterocycles. The van der Waals surface area contributed by atoms with Crippen molar-refractivity contribution in [2.75, 3.05) is 6.67 Å². The molecule has 0 radical (unpaired) electrons. The summed E-state index contributed by atoms with van der Waals surface area (Å²) in [4.78, 5) is 0. The normalized spacial score (nSPS) is 12.0. The lowest BCUT2D eigenvalue weighted by Gasteiger charge is -2.09. The minimum absolute atomic E-state index is 0. The summed E-state index contributed by atoms with van der Waals surface area (Å²) in [5.41, 5.74) is 5.64. The van der Waals surface area contributed by atoms with E-state index in [0.29, 0.717) is 5.56 Å². The van der Waals surface area contributed by atoms with E-state index in [2.05, 4.69) is 0 Å². The van der Waals surface area contributed by atoms with Crippen molar-refractivity contribution in [3.8, 4) is 0 Å². The van der Waals surface area contributed by atoms with Gasteiger partial charge in [0.05, 0.1) is 11.1 Å². The van der Waals surface area contributed by atoms with E-state index in [1.807, 2.05) is 0 Å². The summed E-state index contributed by atoms with van der Waals surface area (Å²) in [6.45, 7) is -0.747. The SMILES string of the molecule is Cl.N[C@H](CF)c1cccc(F)c1Cl. The predicted octanol–water partition coefficient (Wildman–Crippen LogP) is 2.87. The highest BCUT2D eigenvalue weighted by Crippen LogP contribution is 2.24. The second-order valence-electron chi connectivity index (χ2n) is 2.40. The molecule has 74 valence electrons. The summed E-state index contributed by atoms with van der Waals surface area (Å²) in [5.74, 6) is -0.571. The maximum atomic E-state index is 12.8. The summed E-state index contributed by atoms with van der Waals surface area (Å²) in [6.07, 6.45) is 0. The number of hydrogen-bond acceptors (Lipinski definition) is 1. The van der Waals surface area contributed by atoms with Gasteiger partial charge in [0.1, 0.15) is 12.5 Å². The molecule has 0 unspecified atom stereocenters. The fraction of sp³-hybridized carbons (Fsp3) is 0.250. The Morgan fingerprint density at radius 2 is 2.08 bits per heavy atom. The van der Waals surface area contributed by atoms with E-state index >= 15 is 0 Å². The summed E-state index contributed by atoms with van der Waals surface area (Å²) >= 11 is 5.55. The average Bonchev–Trinajstić information content (AvgIpc) is 2.08. The maximum absolute atomic E-state index is 12.8. The van der Waals surface area contributed by atoms with E-state index in [1.54, 1.807) is 0 Å². The van der Waals surface area contributed by atoms with Crippen LogP contribution in [0, 0.1) is 5.82 Å². The van der Waals surface area contributed by atoms with E-state index in [1.165, 1.54) is 18.2 Å². The fourth-order valence-corrected chi connectivity index (χ4v) is 1.16. The van der Waals surface area contributed by atoms with Crippen molar-refractivity contribution in [1.82, 2.24) is 0 Å². The van der Waals surface area contributed by atoms with E-state index in [4.69, 9.17) is 17.3 Å². The van der Waals surface area contributed by atoms with Gasteiger partial charge in [-0.1, -0.05) is 23.7 Å². The number of alkyl halides is 1. The third-order valence-corrected chi connectivity index (χ3v) is 1.95. The molecule has 1 aromatic rings. The molecule has 0 aliphatic carbocycles. The molecule has 0 saturated carbocycles. The van der Waals surface area contributed by atoms with Gasteiger partial charge in [0.2, 0.25) is 0 Å². The lowest BCUT2D eigenvalue weighted by molar-refractivity contribution is 0.436. The largest absolute Gasteiger partial charge is 0.322 e. The van der Waals surface area contributed by atoms with E-state index in [0.717, 1.165) is 0 Å². The molecule has 1 nitrogen and oxygen atoms in total. The molecule has 0 heterocycles. The zero-order valence-electron chi connectivity index (χ0n) is 6.64. The van der Waals surface area contributed by atoms with Gasteiger partial charge in [0.25, 0.3) is 0 Å². The molecule has 0 aliphatic heterocycles. The molecule has 0 bridgehead atoms. The van der Waals surface area contributed by atoms with Crippen LogP contribution in [0.1, 0.15) is 11.6 Å². The lowest BCUT2D eigenvalue weighted by atomic mass is 10.1. The van der Waals surface area contributed by atoms with Crippen molar-refractivity contribution in [2.24, 2.45) is 5.73 Å². The van der Waals surface area contributed by atoms with Crippen LogP contribution in [0.15, 0.2) is 18.2 Å². The fourth-order valence-electron chi connectivity index (χ4n) is 0.890. The summed E-state index contributed by atoms with van der Waals surface area (Å²) in [6, 6.07) is 3.33. The molecule has 0 saturated heterocycles. The molecule has 0 amide bonds. The highest BCUT2D eigenvalue weighted by atomic mass is 35.5. The first-order valence-electron chi connectivity index (χ1n) is 3.42. The van der Waals surface area contributed by atoms with Crippen molar-refractivity contribution < 1.29 is 8.78 Å². The molecule has 0 fully saturated rings. The molecular weight excluding hydrogens is 219 g/mol. The van der Waals surface area contributed by atoms with Gasteiger partial charge in [-0.3, -0.25) is 0 Å². The Kier molecular flexibility index (Phi) is 5.21. The second kappa shape index (κ2) is 5.37. The summed E-state index contributed by atoms with van der Waals surface area (Å²) in [5, 5.41) is -0.0948. The third-order valence-electron chi connectivity index (χ3n) is 1.55. The van der Waals surface area contributed by atoms with Crippen molar-refractivity contribution in [1.29, 1.82) is 0 Å². The molecule has 13 heavy (non-hydrogen) atoms. The number of benzene rings is 1. The van der Waals surface area contributed by atoms with Gasteiger partial charge in [-0.05, 0) is 11.6 Å². The Morgan fingerprint density at radius 1 is 1.46 bits per heavy atom. The van der Waals surface area contributed by atoms with Crippen LogP contribution in [0.5, 0.6) is 0 Å². The Morgan fingerprint density at radius 3 is 2.62 bits per heavy atom. The van der Waals surface area contributed by atoms with E-state index in [-0.39, 0.29) is 17.4 Å². The van der Waals surface area contributed by atoms with Crippen molar-refractivity contribution in [3.05, 3.63) is 34.6 Å². The monoisotopic (exact) mass is 227 g/mol. The zero-order valence-corrected chi connectivity index (χ0v) is 8.21. The average molecular weight is 228 g/mol. The Bertz CT molecular complexity index is 281. The molecule has 0 aliphatic rings. The topological polar surface area (TPSA) is 26.0 Å². The van der Waals surface area contributed by atoms with Crippen LogP contribution in [0.3, 0.4) is 0 Å². The van der Waals surface area contributed by atoms with Crippen LogP contribution in [0.25, 0.3) is 0 Å². The van der Waals surface area contributed by atoms with Gasteiger partial charge < -0.3 is 5.73 Å². The second-order valence-corrected chi connectivity index (χ2v) is 2.78. The molecule has 5 heteroatoms. The minimum atomic E-state index is -0.840. The summed E-state index contributed by atoms with van der Waals surface area (Å²) in [7, 11) is 0. The van der Waals surface area contributed by atoms with Crippen LogP contribution in [-0.2, 0) is 0 Å². The molecule has 2 N–H and O–H groups in total. The Balaban J connectivity index is 0.00000144. The highest BCUT2D eigenvalue weighted by Gasteiger charge is 2.11. The quantitative estimate of drug-likeness (QED) is 0.827. The first kappa shape index (κ1) is 12.6. The van der Waals surface area contributed by atoms with Gasteiger partial charge in [0, 0.05) is 0 Å². The van der Waals surface area contributed by atoms with Crippen LogP contribution in [-0.4, -0.2) is 6.67 Å². The molecule has 1 rings (SSSR count). The molecule has 0 spiro atoms. The first-order valence-corrected chi connectivity index (χ1v) is 3.80. The zero-order chi connectivity index (χ0) is 9.14. The van der Waals surface area contributed by atoms with Gasteiger partial charge in [-0.25, -0.2) is 8.78 Å². The summed E-state index contributed by atoms with van der Waals surface area (Å²) < 4.78 is 24.8. The van der Waals surface area contributed by atoms with Gasteiger partial charge in [-0.2, -0.15) is 0 Å². The minimum Gasteiger partial charge on any atom is -0.322 e. The molecular formula is C8H9Cl2F2N. The van der Waals surface area contributed by atoms with Crippen molar-refractivity contribution >= 4 is 24.0 Å². The first-order chi connectivity index (χ1) is 5.66. The van der Waals surface area contributed by atoms with E-state index < -0.39 is 18.5 Å². The molecule has 1 aromatic carbocycles. The Labute approximate surface area is 86.3 Å². The Hall–Kier alpha value is -0.380. The number of rotatable bonds is 2. The number of nitrogens with two attached hydrogens (primary N) is 1. The standard InChI is InChI=1S/C8H8ClF2N.ClH/c9-8-5(7(12)4-10)2-1-3-6(8)11;/h1-3,7H,4,12H2;1H/t7-;/m1./s1. The van der Waals surface area contributed by atoms with E-state index in [9.17, 15) is 8.78 Å². The van der Waals surface area contributed by atoms with Crippen LogP contribution in [0.2, 0.25) is 5.02 Å². The predicted molar refractivity (Wildman–Crippen MR) is 51.6 cm³/mol. The lowest BCUT2D eigenvalue weighted by Crippen LogP contribution is -2.12. The van der Waals surface area contributed by atoms with Gasteiger partial charge in [-0.15, -0.1) is 12.4 Å². The smallest absolute Gasteiger partial charge is 0.142 e. The van der Waals surface area contributed by atoms with Gasteiger partial charge in [0.15, 0.2) is 0 Å².